The molecule has 1 aromatic rings. The minimum absolute atomic E-state index is 0.0113. The topological polar surface area (TPSA) is 119 Å². The molecule has 0 fully saturated rings. The van der Waals surface area contributed by atoms with Crippen LogP contribution in [0.2, 0.25) is 0 Å². The van der Waals surface area contributed by atoms with Crippen LogP contribution in [0.3, 0.4) is 0 Å². The lowest BCUT2D eigenvalue weighted by Gasteiger charge is -2.31. The summed E-state index contributed by atoms with van der Waals surface area (Å²) in [5.74, 6) is -4.70. The number of hydrogen-bond acceptors (Lipinski definition) is 6. The van der Waals surface area contributed by atoms with Crippen molar-refractivity contribution in [2.24, 2.45) is 4.99 Å². The Morgan fingerprint density at radius 2 is 1.79 bits per heavy atom. The van der Waals surface area contributed by atoms with E-state index < -0.39 is 41.3 Å². The molecule has 172 valence electrons. The molecule has 4 amide bonds. The standard InChI is InChI=1S/C22H22FN5O5/c1-4-27(22(33)21(32)26(2)3)15-9-10-28-16(11-15)25-17(18(29)20(28)31)19(30)24-12-13-5-7-14(23)8-6-13/h5-11,17H,4,12H2,1-3H3,(H,24,30). The predicted molar refractivity (Wildman–Crippen MR) is 115 cm³/mol. The van der Waals surface area contributed by atoms with Crippen LogP contribution in [-0.2, 0) is 30.5 Å². The Kier molecular flexibility index (Phi) is 6.80. The number of carbonyl (C=O) groups excluding carboxylic acids is 5. The maximum absolute atomic E-state index is 13.0. The number of rotatable bonds is 5. The first-order valence-corrected chi connectivity index (χ1v) is 10.0. The number of aliphatic imine (C=N–C) groups is 1. The van der Waals surface area contributed by atoms with Crippen LogP contribution in [0.15, 0.2) is 53.3 Å². The molecule has 0 aliphatic carbocycles. The summed E-state index contributed by atoms with van der Waals surface area (Å²) in [7, 11) is 2.90. The molecule has 33 heavy (non-hydrogen) atoms. The first-order chi connectivity index (χ1) is 15.6. The average molecular weight is 455 g/mol. The van der Waals surface area contributed by atoms with E-state index in [2.05, 4.69) is 10.3 Å². The third kappa shape index (κ3) is 4.86. The van der Waals surface area contributed by atoms with Gasteiger partial charge in [0.05, 0.1) is 0 Å². The van der Waals surface area contributed by atoms with Gasteiger partial charge in [-0.15, -0.1) is 0 Å². The van der Waals surface area contributed by atoms with Gasteiger partial charge in [-0.1, -0.05) is 12.1 Å². The summed E-state index contributed by atoms with van der Waals surface area (Å²) in [6.07, 6.45) is 4.02. The van der Waals surface area contributed by atoms with Gasteiger partial charge < -0.3 is 15.1 Å². The third-order valence-corrected chi connectivity index (χ3v) is 4.95. The van der Waals surface area contributed by atoms with Crippen molar-refractivity contribution >= 4 is 35.2 Å². The number of nitrogens with one attached hydrogen (secondary N) is 1. The number of amides is 4. The van der Waals surface area contributed by atoms with Crippen molar-refractivity contribution in [3.8, 4) is 0 Å². The molecule has 0 bridgehead atoms. The summed E-state index contributed by atoms with van der Waals surface area (Å²) in [5, 5.41) is 2.51. The second-order valence-corrected chi connectivity index (χ2v) is 7.41. The molecule has 0 saturated carbocycles. The van der Waals surface area contributed by atoms with Crippen molar-refractivity contribution in [2.75, 3.05) is 20.6 Å². The highest BCUT2D eigenvalue weighted by Gasteiger charge is 2.41. The summed E-state index contributed by atoms with van der Waals surface area (Å²) < 4.78 is 13.0. The van der Waals surface area contributed by atoms with Gasteiger partial charge in [-0.2, -0.15) is 0 Å². The van der Waals surface area contributed by atoms with Crippen molar-refractivity contribution in [1.82, 2.24) is 20.0 Å². The van der Waals surface area contributed by atoms with Gasteiger partial charge in [0.25, 0.3) is 11.7 Å². The molecule has 2 aliphatic rings. The molecule has 0 spiro atoms. The SMILES string of the molecule is CCN(C(=O)C(=O)N(C)C)C1=CC2=NC(C(=O)NCc3ccc(F)cc3)C(=O)C(=O)N2C=C1. The number of fused-ring (bicyclic) bond motifs is 1. The van der Waals surface area contributed by atoms with E-state index in [1.165, 1.54) is 61.6 Å². The number of ketones is 1. The molecule has 10 nitrogen and oxygen atoms in total. The number of amidine groups is 1. The van der Waals surface area contributed by atoms with E-state index in [-0.39, 0.29) is 24.6 Å². The molecule has 3 rings (SSSR count). The van der Waals surface area contributed by atoms with Gasteiger partial charge in [0.1, 0.15) is 11.7 Å². The third-order valence-electron chi connectivity index (χ3n) is 4.95. The average Bonchev–Trinajstić information content (AvgIpc) is 2.80. The minimum Gasteiger partial charge on any atom is -0.350 e. The number of allylic oxidation sites excluding steroid dienone is 1. The number of benzene rings is 1. The normalized spacial score (nSPS) is 17.1. The summed E-state index contributed by atoms with van der Waals surface area (Å²) in [5.41, 5.74) is 0.874. The summed E-state index contributed by atoms with van der Waals surface area (Å²) in [6, 6.07) is 3.81. The molecule has 0 aromatic heterocycles. The Morgan fingerprint density at radius 1 is 1.12 bits per heavy atom. The van der Waals surface area contributed by atoms with Crippen LogP contribution in [0.1, 0.15) is 12.5 Å². The fourth-order valence-corrected chi connectivity index (χ4v) is 3.16. The van der Waals surface area contributed by atoms with Gasteiger partial charge in [-0.05, 0) is 30.7 Å². The molecule has 2 heterocycles. The highest BCUT2D eigenvalue weighted by Crippen LogP contribution is 2.20. The molecule has 1 unspecified atom stereocenters. The first-order valence-electron chi connectivity index (χ1n) is 10.0. The fraction of sp³-hybridized carbons (Fsp3) is 0.273. The number of hydrogen-bond donors (Lipinski definition) is 1. The maximum Gasteiger partial charge on any atom is 0.316 e. The van der Waals surface area contributed by atoms with Crippen molar-refractivity contribution in [1.29, 1.82) is 0 Å². The second-order valence-electron chi connectivity index (χ2n) is 7.41. The van der Waals surface area contributed by atoms with Crippen LogP contribution in [0.4, 0.5) is 4.39 Å². The Hall–Kier alpha value is -4.15. The van der Waals surface area contributed by atoms with Crippen LogP contribution in [0, 0.1) is 5.82 Å². The Labute approximate surface area is 189 Å². The minimum atomic E-state index is -1.61. The van der Waals surface area contributed by atoms with Gasteiger partial charge in [0.2, 0.25) is 0 Å². The number of halogens is 1. The zero-order chi connectivity index (χ0) is 24.3. The van der Waals surface area contributed by atoms with Crippen LogP contribution in [-0.4, -0.2) is 76.6 Å². The van der Waals surface area contributed by atoms with Gasteiger partial charge in [-0.25, -0.2) is 9.38 Å². The molecule has 0 radical (unpaired) electrons. The Bertz CT molecular complexity index is 1110. The van der Waals surface area contributed by atoms with Gasteiger partial charge >= 0.3 is 17.7 Å². The van der Waals surface area contributed by atoms with Crippen molar-refractivity contribution in [3.05, 3.63) is 59.7 Å². The molecule has 1 N–H and O–H groups in total. The summed E-state index contributed by atoms with van der Waals surface area (Å²) in [4.78, 5) is 69.5. The molecule has 2 aliphatic heterocycles. The van der Waals surface area contributed by atoms with E-state index in [0.717, 1.165) is 9.80 Å². The molecular formula is C22H22FN5O5. The maximum atomic E-state index is 13.0. The zero-order valence-corrected chi connectivity index (χ0v) is 18.2. The van der Waals surface area contributed by atoms with Gasteiger partial charge in [0.15, 0.2) is 6.04 Å². The van der Waals surface area contributed by atoms with E-state index in [1.807, 2.05) is 0 Å². The van der Waals surface area contributed by atoms with E-state index in [0.29, 0.717) is 5.56 Å². The van der Waals surface area contributed by atoms with Crippen LogP contribution in [0.25, 0.3) is 0 Å². The quantitative estimate of drug-likeness (QED) is 0.494. The van der Waals surface area contributed by atoms with Crippen molar-refractivity contribution in [2.45, 2.75) is 19.5 Å². The van der Waals surface area contributed by atoms with E-state index in [1.54, 1.807) is 6.92 Å². The van der Waals surface area contributed by atoms with Gasteiger partial charge in [-0.3, -0.25) is 28.9 Å². The largest absolute Gasteiger partial charge is 0.350 e. The Morgan fingerprint density at radius 3 is 2.39 bits per heavy atom. The first kappa shape index (κ1) is 23.5. The lowest BCUT2D eigenvalue weighted by atomic mass is 10.1. The molecule has 1 aromatic carbocycles. The highest BCUT2D eigenvalue weighted by atomic mass is 19.1. The van der Waals surface area contributed by atoms with Crippen LogP contribution >= 0.6 is 0 Å². The van der Waals surface area contributed by atoms with Crippen molar-refractivity contribution in [3.63, 3.8) is 0 Å². The van der Waals surface area contributed by atoms with E-state index >= 15 is 0 Å². The molecule has 0 saturated heterocycles. The number of Topliss-reactive ketones (excluding diaryl/α,β-unsaturated/α-hetero) is 1. The highest BCUT2D eigenvalue weighted by molar-refractivity contribution is 6.47. The fourth-order valence-electron chi connectivity index (χ4n) is 3.16. The molecule has 1 atom stereocenters. The lowest BCUT2D eigenvalue weighted by molar-refractivity contribution is -0.148. The van der Waals surface area contributed by atoms with E-state index in [9.17, 15) is 28.4 Å². The Balaban J connectivity index is 1.83. The second kappa shape index (κ2) is 9.55. The van der Waals surface area contributed by atoms with Crippen LogP contribution < -0.4 is 5.32 Å². The van der Waals surface area contributed by atoms with Crippen LogP contribution in [0.5, 0.6) is 0 Å². The predicted octanol–water partition coefficient (Wildman–Crippen LogP) is -0.0318. The number of carbonyl (C=O) groups is 5. The molecular weight excluding hydrogens is 433 g/mol. The summed E-state index contributed by atoms with van der Waals surface area (Å²) >= 11 is 0. The van der Waals surface area contributed by atoms with Crippen molar-refractivity contribution < 1.29 is 28.4 Å². The zero-order valence-electron chi connectivity index (χ0n) is 18.2. The van der Waals surface area contributed by atoms with E-state index in [4.69, 9.17) is 0 Å². The molecule has 11 heteroatoms. The monoisotopic (exact) mass is 455 g/mol. The number of nitrogens with zero attached hydrogens (tertiary/aromatic N) is 4. The van der Waals surface area contributed by atoms with Gasteiger partial charge in [0, 0.05) is 45.2 Å². The smallest absolute Gasteiger partial charge is 0.316 e. The lowest BCUT2D eigenvalue weighted by Crippen LogP contribution is -2.52. The summed E-state index contributed by atoms with van der Waals surface area (Å²) in [6.45, 7) is 1.85. The number of likely N-dealkylation sites (N-methyl/N-ethyl adjacent to an activating group) is 2.